The highest BCUT2D eigenvalue weighted by molar-refractivity contribution is 5.81. The summed E-state index contributed by atoms with van der Waals surface area (Å²) in [7, 11) is 0. The minimum absolute atomic E-state index is 0.144. The predicted molar refractivity (Wildman–Crippen MR) is 161 cm³/mol. The summed E-state index contributed by atoms with van der Waals surface area (Å²) >= 11 is 0. The number of ether oxygens (including phenoxy) is 4. The Kier molecular flexibility index (Phi) is 9.18. The van der Waals surface area contributed by atoms with Crippen LogP contribution in [0, 0.1) is 0 Å². The van der Waals surface area contributed by atoms with Crippen LogP contribution >= 0.6 is 0 Å². The molecule has 5 N–H and O–H groups in total. The van der Waals surface area contributed by atoms with E-state index in [-0.39, 0.29) is 24.4 Å². The maximum Gasteiger partial charge on any atom is 0.407 e. The van der Waals surface area contributed by atoms with Gasteiger partial charge in [-0.15, -0.1) is 0 Å². The smallest absolute Gasteiger partial charge is 0.407 e. The van der Waals surface area contributed by atoms with Gasteiger partial charge >= 0.3 is 6.09 Å². The van der Waals surface area contributed by atoms with Crippen molar-refractivity contribution >= 4 is 23.1 Å². The zero-order valence-electron chi connectivity index (χ0n) is 25.6. The van der Waals surface area contributed by atoms with E-state index in [4.69, 9.17) is 30.4 Å². The lowest BCUT2D eigenvalue weighted by Gasteiger charge is -2.30. The van der Waals surface area contributed by atoms with Gasteiger partial charge in [-0.1, -0.05) is 30.3 Å². The van der Waals surface area contributed by atoms with Crippen LogP contribution in [0.1, 0.15) is 52.8 Å². The van der Waals surface area contributed by atoms with Gasteiger partial charge in [-0.05, 0) is 53.0 Å². The Labute approximate surface area is 252 Å². The van der Waals surface area contributed by atoms with E-state index in [1.165, 1.54) is 6.33 Å². The number of fused-ring (bicyclic) bond motifs is 2. The summed E-state index contributed by atoms with van der Waals surface area (Å²) in [6.07, 6.45) is 2.46. The van der Waals surface area contributed by atoms with Gasteiger partial charge in [0.05, 0.1) is 6.33 Å². The molecule has 1 aromatic carbocycles. The van der Waals surface area contributed by atoms with Crippen LogP contribution in [0.15, 0.2) is 43.0 Å². The summed E-state index contributed by atoms with van der Waals surface area (Å²) in [5.74, 6) is -0.477. The molecule has 234 valence electrons. The maximum absolute atomic E-state index is 12.7. The second kappa shape index (κ2) is 12.7. The monoisotopic (exact) mass is 596 g/mol. The van der Waals surface area contributed by atoms with Gasteiger partial charge in [0.15, 0.2) is 23.5 Å². The normalized spacial score (nSPS) is 23.9. The molecule has 13 nitrogen and oxygen atoms in total. The molecule has 1 unspecified atom stereocenters. The fourth-order valence-corrected chi connectivity index (χ4v) is 5.75. The third kappa shape index (κ3) is 7.60. The van der Waals surface area contributed by atoms with E-state index < -0.39 is 23.7 Å². The van der Waals surface area contributed by atoms with Gasteiger partial charge in [0.1, 0.15) is 35.8 Å². The Bertz CT molecular complexity index is 1380. The van der Waals surface area contributed by atoms with Gasteiger partial charge in [-0.2, -0.15) is 0 Å². The van der Waals surface area contributed by atoms with Crippen LogP contribution in [0.4, 0.5) is 10.6 Å². The Morgan fingerprint density at radius 2 is 1.88 bits per heavy atom. The number of alkyl carbamates (subject to hydrolysis) is 1. The molecule has 5 atom stereocenters. The van der Waals surface area contributed by atoms with Gasteiger partial charge in [-0.25, -0.2) is 19.7 Å². The van der Waals surface area contributed by atoms with E-state index in [0.29, 0.717) is 56.0 Å². The van der Waals surface area contributed by atoms with Crippen LogP contribution in [-0.2, 0) is 25.4 Å². The van der Waals surface area contributed by atoms with Crippen molar-refractivity contribution in [2.75, 3.05) is 31.9 Å². The second-order valence-electron chi connectivity index (χ2n) is 12.6. The zero-order valence-corrected chi connectivity index (χ0v) is 25.6. The highest BCUT2D eigenvalue weighted by Gasteiger charge is 2.56. The summed E-state index contributed by atoms with van der Waals surface area (Å²) in [5, 5.41) is 3.08. The number of carbonyl (C=O) groups excluding carboxylic acids is 1. The molecule has 2 aromatic heterocycles. The molecule has 13 heteroatoms. The Hall–Kier alpha value is -3.36. The number of anilines is 1. The van der Waals surface area contributed by atoms with Crippen LogP contribution < -0.4 is 16.8 Å². The summed E-state index contributed by atoms with van der Waals surface area (Å²) in [4.78, 5) is 27.8. The molecule has 43 heavy (non-hydrogen) atoms. The SMILES string of the molecule is CC(C)(C)OC(=O)N[C@@H](CCN(CCN)C[C@H]1O[C@@H](n2cnc3c(N)ncnc32)C2OC(C)(C)O[C@@H]21)Cc1ccccc1. The third-order valence-corrected chi connectivity index (χ3v) is 7.51. The number of hydrogen-bond acceptors (Lipinski definition) is 11. The number of carbonyl (C=O) groups is 1. The fraction of sp³-hybridized carbons (Fsp3) is 0.600. The van der Waals surface area contributed by atoms with Gasteiger partial charge in [-0.3, -0.25) is 9.47 Å². The number of nitrogens with one attached hydrogen (secondary N) is 1. The standard InChI is InChI=1S/C30H44N8O5/c1-29(2,3)43-28(39)36-20(15-19-9-7-6-8-10-19)11-13-37(14-12-31)16-21-23-24(42-30(4,5)41-23)27(40-21)38-18-35-22-25(32)33-17-34-26(22)38/h6-10,17-18,20-21,23-24,27H,11-16,31H2,1-5H3,(H,36,39)(H2,32,33,34)/t20-,21+,23+,24?,27+/m0/s1. The summed E-state index contributed by atoms with van der Waals surface area (Å²) in [6.45, 7) is 11.7. The minimum atomic E-state index is -0.781. The molecule has 2 aliphatic rings. The molecule has 0 saturated carbocycles. The van der Waals surface area contributed by atoms with Gasteiger partial charge in [0, 0.05) is 32.2 Å². The molecule has 5 rings (SSSR count). The number of imidazole rings is 1. The van der Waals surface area contributed by atoms with Gasteiger partial charge < -0.3 is 35.7 Å². The first-order chi connectivity index (χ1) is 20.4. The van der Waals surface area contributed by atoms with Crippen molar-refractivity contribution in [3.05, 3.63) is 48.5 Å². The Morgan fingerprint density at radius 1 is 1.14 bits per heavy atom. The van der Waals surface area contributed by atoms with E-state index >= 15 is 0 Å². The first kappa shape index (κ1) is 31.1. The highest BCUT2D eigenvalue weighted by atomic mass is 16.8. The van der Waals surface area contributed by atoms with Crippen LogP contribution in [0.2, 0.25) is 0 Å². The first-order valence-corrected chi connectivity index (χ1v) is 14.8. The van der Waals surface area contributed by atoms with Crippen LogP contribution in [0.5, 0.6) is 0 Å². The molecule has 0 bridgehead atoms. The van der Waals surface area contributed by atoms with E-state index in [2.05, 4.69) is 37.3 Å². The molecule has 4 heterocycles. The largest absolute Gasteiger partial charge is 0.444 e. The van der Waals surface area contributed by atoms with E-state index in [9.17, 15) is 4.79 Å². The number of nitrogens with zero attached hydrogens (tertiary/aromatic N) is 5. The maximum atomic E-state index is 12.7. The molecule has 0 aliphatic carbocycles. The van der Waals surface area contributed by atoms with Crippen LogP contribution in [-0.4, -0.2) is 92.4 Å². The summed E-state index contributed by atoms with van der Waals surface area (Å²) in [6, 6.07) is 9.96. The van der Waals surface area contributed by atoms with Crippen molar-refractivity contribution in [3.8, 4) is 0 Å². The van der Waals surface area contributed by atoms with Crippen molar-refractivity contribution < 1.29 is 23.7 Å². The number of benzene rings is 1. The van der Waals surface area contributed by atoms with Crippen molar-refractivity contribution in [3.63, 3.8) is 0 Å². The van der Waals surface area contributed by atoms with Crippen molar-refractivity contribution in [2.45, 2.75) is 89.4 Å². The van der Waals surface area contributed by atoms with E-state index in [1.54, 1.807) is 6.33 Å². The Balaban J connectivity index is 1.31. The lowest BCUT2D eigenvalue weighted by Crippen LogP contribution is -2.45. The topological polar surface area (TPSA) is 165 Å². The number of hydrogen-bond donors (Lipinski definition) is 3. The number of nitrogens with two attached hydrogens (primary N) is 2. The average molecular weight is 597 g/mol. The molecule has 1 amide bonds. The lowest BCUT2D eigenvalue weighted by atomic mass is 10.0. The van der Waals surface area contributed by atoms with Crippen LogP contribution in [0.3, 0.4) is 0 Å². The lowest BCUT2D eigenvalue weighted by molar-refractivity contribution is -0.198. The quantitative estimate of drug-likeness (QED) is 0.298. The molecule has 2 saturated heterocycles. The fourth-order valence-electron chi connectivity index (χ4n) is 5.75. The van der Waals surface area contributed by atoms with E-state index in [1.807, 2.05) is 57.4 Å². The molecule has 2 aliphatic heterocycles. The van der Waals surface area contributed by atoms with Gasteiger partial charge in [0.2, 0.25) is 0 Å². The highest BCUT2D eigenvalue weighted by Crippen LogP contribution is 2.44. The Morgan fingerprint density at radius 3 is 2.60 bits per heavy atom. The van der Waals surface area contributed by atoms with Gasteiger partial charge in [0.25, 0.3) is 0 Å². The average Bonchev–Trinajstić information content (AvgIpc) is 3.58. The predicted octanol–water partition coefficient (Wildman–Crippen LogP) is 2.61. The molecule has 0 spiro atoms. The van der Waals surface area contributed by atoms with Crippen molar-refractivity contribution in [2.24, 2.45) is 5.73 Å². The summed E-state index contributed by atoms with van der Waals surface area (Å²) in [5.41, 5.74) is 13.7. The van der Waals surface area contributed by atoms with Crippen molar-refractivity contribution in [1.82, 2.24) is 29.7 Å². The van der Waals surface area contributed by atoms with E-state index in [0.717, 1.165) is 5.56 Å². The minimum Gasteiger partial charge on any atom is -0.444 e. The number of rotatable bonds is 11. The molecule has 2 fully saturated rings. The number of nitrogen functional groups attached to an aromatic ring is 1. The van der Waals surface area contributed by atoms with Crippen LogP contribution in [0.25, 0.3) is 11.2 Å². The molecular formula is C30H44N8O5. The third-order valence-electron chi connectivity index (χ3n) is 7.51. The molecule has 0 radical (unpaired) electrons. The number of aromatic nitrogens is 4. The second-order valence-corrected chi connectivity index (χ2v) is 12.6. The first-order valence-electron chi connectivity index (χ1n) is 14.8. The summed E-state index contributed by atoms with van der Waals surface area (Å²) < 4.78 is 26.7. The molecular weight excluding hydrogens is 552 g/mol. The zero-order chi connectivity index (χ0) is 30.8. The number of amides is 1. The van der Waals surface area contributed by atoms with Crippen molar-refractivity contribution in [1.29, 1.82) is 0 Å². The molecule has 3 aromatic rings.